The van der Waals surface area contributed by atoms with Crippen LogP contribution in [0.4, 0.5) is 5.69 Å². The Hall–Kier alpha value is -3.45. The molecule has 1 N–H and O–H groups in total. The van der Waals surface area contributed by atoms with E-state index in [2.05, 4.69) is 33.5 Å². The van der Waals surface area contributed by atoms with Crippen molar-refractivity contribution in [2.45, 2.75) is 25.4 Å². The van der Waals surface area contributed by atoms with Gasteiger partial charge in [0.2, 0.25) is 5.91 Å². The molecule has 0 bridgehead atoms. The van der Waals surface area contributed by atoms with E-state index in [1.165, 1.54) is 17.3 Å². The molecule has 156 valence electrons. The van der Waals surface area contributed by atoms with Gasteiger partial charge in [-0.25, -0.2) is 0 Å². The summed E-state index contributed by atoms with van der Waals surface area (Å²) in [5.41, 5.74) is 4.99. The maximum atomic E-state index is 12.6. The minimum atomic E-state index is -0.0805. The van der Waals surface area contributed by atoms with Gasteiger partial charge in [0, 0.05) is 23.6 Å². The Balaban J connectivity index is 1.59. The van der Waals surface area contributed by atoms with E-state index >= 15 is 0 Å². The van der Waals surface area contributed by atoms with Crippen molar-refractivity contribution in [3.8, 4) is 17.1 Å². The van der Waals surface area contributed by atoms with Crippen LogP contribution in [0.5, 0.6) is 0 Å². The largest absolute Gasteiger partial charge is 0.325 e. The Morgan fingerprint density at radius 3 is 2.61 bits per heavy atom. The molecule has 0 unspecified atom stereocenters. The molecule has 4 aromatic rings. The number of aromatic nitrogens is 4. The fourth-order valence-electron chi connectivity index (χ4n) is 3.28. The number of carbonyl (C=O) groups excluding carboxylic acids is 1. The molecule has 4 rings (SSSR count). The van der Waals surface area contributed by atoms with Gasteiger partial charge in [0.05, 0.1) is 11.4 Å². The molecule has 0 aliphatic carbocycles. The summed E-state index contributed by atoms with van der Waals surface area (Å²) >= 11 is 1.37. The fourth-order valence-corrected chi connectivity index (χ4v) is 4.02. The number of carbonyl (C=O) groups is 1. The van der Waals surface area contributed by atoms with Crippen molar-refractivity contribution >= 4 is 23.4 Å². The van der Waals surface area contributed by atoms with Crippen LogP contribution in [-0.4, -0.2) is 31.4 Å². The van der Waals surface area contributed by atoms with Crippen molar-refractivity contribution in [2.75, 3.05) is 11.1 Å². The van der Waals surface area contributed by atoms with E-state index in [4.69, 9.17) is 0 Å². The van der Waals surface area contributed by atoms with Crippen LogP contribution in [-0.2, 0) is 11.2 Å². The van der Waals surface area contributed by atoms with E-state index in [0.29, 0.717) is 5.16 Å². The molecule has 0 spiro atoms. The number of hydrogen-bond acceptors (Lipinski definition) is 5. The number of anilines is 1. The number of pyridine rings is 1. The average molecular weight is 430 g/mol. The molecule has 2 aromatic carbocycles. The molecule has 6 nitrogen and oxygen atoms in total. The Kier molecular flexibility index (Phi) is 6.43. The molecule has 1 amide bonds. The van der Waals surface area contributed by atoms with Gasteiger partial charge in [0.1, 0.15) is 0 Å². The van der Waals surface area contributed by atoms with E-state index < -0.39 is 0 Å². The lowest BCUT2D eigenvalue weighted by atomic mass is 10.1. The van der Waals surface area contributed by atoms with Crippen molar-refractivity contribution in [3.63, 3.8) is 0 Å². The van der Waals surface area contributed by atoms with Crippen LogP contribution in [0.25, 0.3) is 17.1 Å². The Morgan fingerprint density at radius 1 is 1.03 bits per heavy atom. The third-order valence-electron chi connectivity index (χ3n) is 4.88. The molecular formula is C24H23N5OS. The Labute approximate surface area is 185 Å². The predicted octanol–water partition coefficient (Wildman–Crippen LogP) is 4.93. The minimum absolute atomic E-state index is 0.0805. The summed E-state index contributed by atoms with van der Waals surface area (Å²) in [6.45, 7) is 4.14. The number of thioether (sulfide) groups is 1. The van der Waals surface area contributed by atoms with Gasteiger partial charge in [-0.2, -0.15) is 0 Å². The van der Waals surface area contributed by atoms with Gasteiger partial charge < -0.3 is 5.32 Å². The number of aryl methyl sites for hydroxylation is 2. The number of hydrogen-bond donors (Lipinski definition) is 1. The molecule has 0 saturated carbocycles. The highest BCUT2D eigenvalue weighted by Crippen LogP contribution is 2.29. The first-order valence-corrected chi connectivity index (χ1v) is 11.1. The number of benzene rings is 2. The smallest absolute Gasteiger partial charge is 0.234 e. The third kappa shape index (κ3) is 4.83. The first-order chi connectivity index (χ1) is 15.2. The molecule has 2 heterocycles. The monoisotopic (exact) mass is 429 g/mol. The molecule has 31 heavy (non-hydrogen) atoms. The van der Waals surface area contributed by atoms with E-state index in [-0.39, 0.29) is 11.7 Å². The lowest BCUT2D eigenvalue weighted by molar-refractivity contribution is -0.113. The average Bonchev–Trinajstić information content (AvgIpc) is 3.22. The van der Waals surface area contributed by atoms with Crippen molar-refractivity contribution in [2.24, 2.45) is 0 Å². The van der Waals surface area contributed by atoms with Crippen LogP contribution in [0, 0.1) is 6.92 Å². The molecule has 0 fully saturated rings. The Morgan fingerprint density at radius 2 is 1.84 bits per heavy atom. The zero-order chi connectivity index (χ0) is 21.6. The molecule has 0 saturated heterocycles. The van der Waals surface area contributed by atoms with Gasteiger partial charge in [-0.3, -0.25) is 14.3 Å². The summed E-state index contributed by atoms with van der Waals surface area (Å²) in [7, 11) is 0. The normalized spacial score (nSPS) is 10.8. The van der Waals surface area contributed by atoms with Crippen LogP contribution in [0.3, 0.4) is 0 Å². The van der Waals surface area contributed by atoms with Crippen molar-refractivity contribution in [3.05, 3.63) is 84.2 Å². The van der Waals surface area contributed by atoms with Gasteiger partial charge >= 0.3 is 0 Å². The maximum Gasteiger partial charge on any atom is 0.234 e. The zero-order valence-electron chi connectivity index (χ0n) is 17.4. The van der Waals surface area contributed by atoms with E-state index in [0.717, 1.165) is 34.7 Å². The summed E-state index contributed by atoms with van der Waals surface area (Å²) < 4.78 is 2.00. The van der Waals surface area contributed by atoms with E-state index in [9.17, 15) is 4.79 Å². The highest BCUT2D eigenvalue weighted by atomic mass is 32.2. The number of rotatable bonds is 7. The quantitative estimate of drug-likeness (QED) is 0.422. The van der Waals surface area contributed by atoms with E-state index in [1.54, 1.807) is 12.4 Å². The topological polar surface area (TPSA) is 72.7 Å². The van der Waals surface area contributed by atoms with Crippen molar-refractivity contribution < 1.29 is 4.79 Å². The molecule has 0 aliphatic rings. The van der Waals surface area contributed by atoms with Crippen LogP contribution in [0.1, 0.15) is 18.1 Å². The summed E-state index contributed by atoms with van der Waals surface area (Å²) in [6, 6.07) is 19.8. The van der Waals surface area contributed by atoms with Crippen molar-refractivity contribution in [1.82, 2.24) is 19.7 Å². The van der Waals surface area contributed by atoms with Gasteiger partial charge in [0.25, 0.3) is 0 Å². The lowest BCUT2D eigenvalue weighted by Crippen LogP contribution is -2.14. The van der Waals surface area contributed by atoms with E-state index in [1.807, 2.05) is 66.1 Å². The second kappa shape index (κ2) is 9.57. The third-order valence-corrected chi connectivity index (χ3v) is 5.81. The van der Waals surface area contributed by atoms with Crippen LogP contribution >= 0.6 is 11.8 Å². The highest BCUT2D eigenvalue weighted by Gasteiger charge is 2.18. The van der Waals surface area contributed by atoms with Crippen LogP contribution < -0.4 is 5.32 Å². The maximum absolute atomic E-state index is 12.6. The number of nitrogens with one attached hydrogen (secondary N) is 1. The Bertz CT molecular complexity index is 1190. The molecule has 0 aliphatic heterocycles. The van der Waals surface area contributed by atoms with Gasteiger partial charge in [-0.15, -0.1) is 10.2 Å². The minimum Gasteiger partial charge on any atom is -0.325 e. The summed E-state index contributed by atoms with van der Waals surface area (Å²) in [6.07, 6.45) is 4.39. The summed E-state index contributed by atoms with van der Waals surface area (Å²) in [4.78, 5) is 16.7. The number of amides is 1. The molecule has 0 atom stereocenters. The highest BCUT2D eigenvalue weighted by molar-refractivity contribution is 7.99. The van der Waals surface area contributed by atoms with Crippen molar-refractivity contribution in [1.29, 1.82) is 0 Å². The fraction of sp³-hybridized carbons (Fsp3) is 0.167. The van der Waals surface area contributed by atoms with Gasteiger partial charge in [0.15, 0.2) is 11.0 Å². The summed E-state index contributed by atoms with van der Waals surface area (Å²) in [5, 5.41) is 12.4. The predicted molar refractivity (Wildman–Crippen MR) is 125 cm³/mol. The zero-order valence-corrected chi connectivity index (χ0v) is 18.3. The number of nitrogens with zero attached hydrogens (tertiary/aromatic N) is 4. The van der Waals surface area contributed by atoms with Crippen LogP contribution in [0.15, 0.2) is 78.2 Å². The van der Waals surface area contributed by atoms with Gasteiger partial charge in [-0.05, 0) is 54.8 Å². The summed E-state index contributed by atoms with van der Waals surface area (Å²) in [5.74, 6) is 0.870. The molecule has 0 radical (unpaired) electrons. The van der Waals surface area contributed by atoms with Gasteiger partial charge in [-0.1, -0.05) is 49.0 Å². The van der Waals surface area contributed by atoms with Crippen LogP contribution in [0.2, 0.25) is 0 Å². The molecule has 2 aromatic heterocycles. The SMILES string of the molecule is CCc1cccc(NC(=O)CSc2nnc(-c3ccncc3)n2-c2ccccc2C)c1. The molecule has 7 heteroatoms. The first-order valence-electron chi connectivity index (χ1n) is 10.1. The second-order valence-electron chi connectivity index (χ2n) is 7.05. The lowest BCUT2D eigenvalue weighted by Gasteiger charge is -2.13. The number of para-hydroxylation sites is 1. The first kappa shape index (κ1) is 20.8. The second-order valence-corrected chi connectivity index (χ2v) is 8.00. The molecular weight excluding hydrogens is 406 g/mol. The standard InChI is InChI=1S/C24H23N5OS/c1-3-18-8-6-9-20(15-18)26-22(30)16-31-24-28-27-23(19-11-13-25-14-12-19)29(24)21-10-5-4-7-17(21)2/h4-15H,3,16H2,1-2H3,(H,26,30).